The molecular weight excluding hydrogens is 258 g/mol. The minimum absolute atomic E-state index is 0.285. The minimum Gasteiger partial charge on any atom is -0.372 e. The zero-order valence-corrected chi connectivity index (χ0v) is 14.7. The van der Waals surface area contributed by atoms with Gasteiger partial charge in [0.15, 0.2) is 0 Å². The van der Waals surface area contributed by atoms with Gasteiger partial charge in [-0.05, 0) is 56.9 Å². The molecule has 124 valence electrons. The van der Waals surface area contributed by atoms with E-state index >= 15 is 0 Å². The first-order valence-electron chi connectivity index (χ1n) is 9.50. The van der Waals surface area contributed by atoms with Crippen LogP contribution >= 0.6 is 0 Å². The lowest BCUT2D eigenvalue weighted by molar-refractivity contribution is -0.0763. The normalized spacial score (nSPS) is 27.9. The lowest BCUT2D eigenvalue weighted by Gasteiger charge is -2.36. The Hall–Kier alpha value is -0.0800. The molecule has 0 aromatic heterocycles. The standard InChI is InChI=1S/C19H37NO/c1-4-10-18(3,16-20-14-5-2)15-17-9-13-19(21-17)11-7-6-8-12-19/h17,20H,4-16H2,1-3H3. The topological polar surface area (TPSA) is 21.3 Å². The fourth-order valence-corrected chi connectivity index (χ4v) is 4.59. The number of hydrogen-bond acceptors (Lipinski definition) is 2. The predicted octanol–water partition coefficient (Wildman–Crippen LogP) is 5.06. The van der Waals surface area contributed by atoms with Gasteiger partial charge in [0.2, 0.25) is 0 Å². The Morgan fingerprint density at radius 3 is 2.52 bits per heavy atom. The van der Waals surface area contributed by atoms with Gasteiger partial charge in [0, 0.05) is 6.54 Å². The van der Waals surface area contributed by atoms with Gasteiger partial charge < -0.3 is 10.1 Å². The molecule has 0 amide bonds. The Labute approximate surface area is 132 Å². The first-order valence-corrected chi connectivity index (χ1v) is 9.50. The summed E-state index contributed by atoms with van der Waals surface area (Å²) in [6.45, 7) is 9.33. The van der Waals surface area contributed by atoms with Crippen molar-refractivity contribution in [2.75, 3.05) is 13.1 Å². The van der Waals surface area contributed by atoms with Crippen molar-refractivity contribution < 1.29 is 4.74 Å². The largest absolute Gasteiger partial charge is 0.372 e. The van der Waals surface area contributed by atoms with E-state index in [0.717, 1.165) is 13.1 Å². The van der Waals surface area contributed by atoms with Gasteiger partial charge in [-0.15, -0.1) is 0 Å². The number of ether oxygens (including phenoxy) is 1. The average molecular weight is 296 g/mol. The van der Waals surface area contributed by atoms with Gasteiger partial charge in [-0.25, -0.2) is 0 Å². The molecule has 1 spiro atoms. The molecule has 1 saturated carbocycles. The lowest BCUT2D eigenvalue weighted by atomic mass is 9.79. The van der Waals surface area contributed by atoms with E-state index in [-0.39, 0.29) is 5.60 Å². The Morgan fingerprint density at radius 2 is 1.86 bits per heavy atom. The molecule has 2 heteroatoms. The van der Waals surface area contributed by atoms with Crippen LogP contribution < -0.4 is 5.32 Å². The second-order valence-corrected chi connectivity index (χ2v) is 7.96. The van der Waals surface area contributed by atoms with Crippen molar-refractivity contribution in [3.8, 4) is 0 Å². The van der Waals surface area contributed by atoms with Crippen molar-refractivity contribution in [3.63, 3.8) is 0 Å². The summed E-state index contributed by atoms with van der Waals surface area (Å²) in [4.78, 5) is 0. The van der Waals surface area contributed by atoms with E-state index in [1.807, 2.05) is 0 Å². The molecule has 2 unspecified atom stereocenters. The van der Waals surface area contributed by atoms with Crippen LogP contribution in [-0.4, -0.2) is 24.8 Å². The third kappa shape index (κ3) is 4.96. The van der Waals surface area contributed by atoms with Crippen LogP contribution in [0.2, 0.25) is 0 Å². The van der Waals surface area contributed by atoms with Gasteiger partial charge in [0.05, 0.1) is 11.7 Å². The maximum absolute atomic E-state index is 6.61. The van der Waals surface area contributed by atoms with Crippen molar-refractivity contribution >= 4 is 0 Å². The summed E-state index contributed by atoms with van der Waals surface area (Å²) >= 11 is 0. The first kappa shape index (κ1) is 17.3. The van der Waals surface area contributed by atoms with E-state index in [9.17, 15) is 0 Å². The molecular formula is C19H37NO. The fourth-order valence-electron chi connectivity index (χ4n) is 4.59. The van der Waals surface area contributed by atoms with Crippen LogP contribution in [0.1, 0.15) is 91.4 Å². The second-order valence-electron chi connectivity index (χ2n) is 7.96. The first-order chi connectivity index (χ1) is 10.1. The van der Waals surface area contributed by atoms with Crippen LogP contribution in [0.15, 0.2) is 0 Å². The molecule has 2 atom stereocenters. The van der Waals surface area contributed by atoms with Crippen LogP contribution in [-0.2, 0) is 4.74 Å². The maximum Gasteiger partial charge on any atom is 0.0687 e. The maximum atomic E-state index is 6.61. The molecule has 1 heterocycles. The van der Waals surface area contributed by atoms with Gasteiger partial charge in [0.1, 0.15) is 0 Å². The Kier molecular flexibility index (Phi) is 6.55. The zero-order chi connectivity index (χ0) is 15.2. The van der Waals surface area contributed by atoms with Gasteiger partial charge >= 0.3 is 0 Å². The summed E-state index contributed by atoms with van der Waals surface area (Å²) in [5.74, 6) is 0. The predicted molar refractivity (Wildman–Crippen MR) is 90.7 cm³/mol. The molecule has 0 aromatic carbocycles. The second kappa shape index (κ2) is 7.97. The van der Waals surface area contributed by atoms with E-state index in [2.05, 4.69) is 26.1 Å². The van der Waals surface area contributed by atoms with Crippen LogP contribution in [0.25, 0.3) is 0 Å². The van der Waals surface area contributed by atoms with Gasteiger partial charge in [-0.1, -0.05) is 46.5 Å². The van der Waals surface area contributed by atoms with Crippen molar-refractivity contribution in [1.29, 1.82) is 0 Å². The molecule has 21 heavy (non-hydrogen) atoms. The average Bonchev–Trinajstić information content (AvgIpc) is 2.82. The Morgan fingerprint density at radius 1 is 1.10 bits per heavy atom. The fraction of sp³-hybridized carbons (Fsp3) is 1.00. The molecule has 1 saturated heterocycles. The number of nitrogens with one attached hydrogen (secondary N) is 1. The molecule has 0 bridgehead atoms. The van der Waals surface area contributed by atoms with Crippen LogP contribution in [0.3, 0.4) is 0 Å². The van der Waals surface area contributed by atoms with Crippen LogP contribution in [0.5, 0.6) is 0 Å². The van der Waals surface area contributed by atoms with E-state index < -0.39 is 0 Å². The lowest BCUT2D eigenvalue weighted by Crippen LogP contribution is -2.37. The third-order valence-corrected chi connectivity index (χ3v) is 5.66. The molecule has 1 aliphatic carbocycles. The SMILES string of the molecule is CCCNCC(C)(CCC)CC1CCC2(CCCCC2)O1. The van der Waals surface area contributed by atoms with Gasteiger partial charge in [-0.3, -0.25) is 0 Å². The zero-order valence-electron chi connectivity index (χ0n) is 14.7. The quantitative estimate of drug-likeness (QED) is 0.632. The van der Waals surface area contributed by atoms with Crippen molar-refractivity contribution in [1.82, 2.24) is 5.32 Å². The smallest absolute Gasteiger partial charge is 0.0687 e. The Bertz CT molecular complexity index is 298. The van der Waals surface area contributed by atoms with Crippen molar-refractivity contribution in [3.05, 3.63) is 0 Å². The summed E-state index contributed by atoms with van der Waals surface area (Å²) in [6, 6.07) is 0. The van der Waals surface area contributed by atoms with Gasteiger partial charge in [0.25, 0.3) is 0 Å². The summed E-state index contributed by atoms with van der Waals surface area (Å²) in [7, 11) is 0. The summed E-state index contributed by atoms with van der Waals surface area (Å²) in [5.41, 5.74) is 0.696. The van der Waals surface area contributed by atoms with E-state index in [1.54, 1.807) is 0 Å². The molecule has 0 radical (unpaired) electrons. The molecule has 2 nitrogen and oxygen atoms in total. The summed E-state index contributed by atoms with van der Waals surface area (Å²) < 4.78 is 6.61. The van der Waals surface area contributed by atoms with Crippen LogP contribution in [0, 0.1) is 5.41 Å². The highest BCUT2D eigenvalue weighted by atomic mass is 16.5. The van der Waals surface area contributed by atoms with Crippen LogP contribution in [0.4, 0.5) is 0 Å². The molecule has 2 fully saturated rings. The molecule has 0 aromatic rings. The molecule has 2 aliphatic rings. The van der Waals surface area contributed by atoms with Crippen molar-refractivity contribution in [2.24, 2.45) is 5.41 Å². The molecule has 1 aliphatic heterocycles. The minimum atomic E-state index is 0.285. The summed E-state index contributed by atoms with van der Waals surface area (Å²) in [6.07, 6.45) is 15.0. The Balaban J connectivity index is 1.85. The highest BCUT2D eigenvalue weighted by Crippen LogP contribution is 2.45. The van der Waals surface area contributed by atoms with E-state index in [1.165, 1.54) is 70.6 Å². The van der Waals surface area contributed by atoms with E-state index in [0.29, 0.717) is 11.5 Å². The number of hydrogen-bond donors (Lipinski definition) is 1. The summed E-state index contributed by atoms with van der Waals surface area (Å²) in [5, 5.41) is 3.65. The monoisotopic (exact) mass is 295 g/mol. The molecule has 2 rings (SSSR count). The van der Waals surface area contributed by atoms with E-state index in [4.69, 9.17) is 4.74 Å². The highest BCUT2D eigenvalue weighted by molar-refractivity contribution is 4.93. The molecule has 1 N–H and O–H groups in total. The van der Waals surface area contributed by atoms with Gasteiger partial charge in [-0.2, -0.15) is 0 Å². The highest BCUT2D eigenvalue weighted by Gasteiger charge is 2.42. The number of rotatable bonds is 8. The third-order valence-electron chi connectivity index (χ3n) is 5.66. The van der Waals surface area contributed by atoms with Crippen molar-refractivity contribution in [2.45, 2.75) is 103 Å².